The number of quaternary nitrogens is 1. The number of nitrogens with zero attached hydrogens (tertiary/aromatic N) is 1. The van der Waals surface area contributed by atoms with Crippen LogP contribution >= 0.6 is 0 Å². The molecule has 154 valence electrons. The fourth-order valence-corrected chi connectivity index (χ4v) is 3.28. The number of nitrogens with one attached hydrogen (secondary N) is 4. The third kappa shape index (κ3) is 6.50. The second-order valence-electron chi connectivity index (χ2n) is 7.53. The first kappa shape index (κ1) is 20.7. The number of carbonyl (C=O) groups excluding carboxylic acids is 2. The molecule has 1 aliphatic heterocycles. The fourth-order valence-electron chi connectivity index (χ4n) is 3.28. The zero-order valence-corrected chi connectivity index (χ0v) is 17.1. The molecule has 1 heterocycles. The average molecular weight is 397 g/mol. The van der Waals surface area contributed by atoms with Crippen molar-refractivity contribution in [2.75, 3.05) is 49.9 Å². The highest BCUT2D eigenvalue weighted by Crippen LogP contribution is 2.10. The van der Waals surface area contributed by atoms with Crippen LogP contribution < -0.4 is 20.9 Å². The molecular weight excluding hydrogens is 366 g/mol. The van der Waals surface area contributed by atoms with Gasteiger partial charge in [-0.2, -0.15) is 0 Å². The van der Waals surface area contributed by atoms with E-state index >= 15 is 0 Å². The monoisotopic (exact) mass is 396 g/mol. The molecule has 0 spiro atoms. The number of anilines is 2. The smallest absolute Gasteiger partial charge is 0.322 e. The Morgan fingerprint density at radius 3 is 1.93 bits per heavy atom. The van der Waals surface area contributed by atoms with E-state index < -0.39 is 0 Å². The van der Waals surface area contributed by atoms with E-state index in [1.807, 2.05) is 67.3 Å². The molecule has 7 nitrogen and oxygen atoms in total. The van der Waals surface area contributed by atoms with Gasteiger partial charge in [0.25, 0.3) is 0 Å². The van der Waals surface area contributed by atoms with Crippen molar-refractivity contribution in [1.29, 1.82) is 0 Å². The quantitative estimate of drug-likeness (QED) is 0.623. The first-order chi connectivity index (χ1) is 14.0. The molecule has 7 heteroatoms. The summed E-state index contributed by atoms with van der Waals surface area (Å²) in [6.45, 7) is 8.65. The van der Waals surface area contributed by atoms with Gasteiger partial charge < -0.3 is 25.8 Å². The number of amides is 4. The number of piperazine rings is 1. The lowest BCUT2D eigenvalue weighted by atomic mass is 10.2. The van der Waals surface area contributed by atoms with Gasteiger partial charge in [0.05, 0.1) is 39.3 Å². The Balaban J connectivity index is 1.33. The average Bonchev–Trinajstić information content (AvgIpc) is 2.72. The van der Waals surface area contributed by atoms with Crippen molar-refractivity contribution >= 4 is 23.4 Å². The standard InChI is InChI=1S/C22H29N5O2/c1-17-3-7-19(8-4-17)24-21(28)23-11-12-26-13-15-27(16-14-26)22(29)25-20-9-5-18(2)6-10-20/h3-10H,11-16H2,1-2H3,(H,25,29)(H2,23,24,28)/p+1. The van der Waals surface area contributed by atoms with Crippen molar-refractivity contribution in [3.05, 3.63) is 59.7 Å². The zero-order valence-electron chi connectivity index (χ0n) is 17.1. The molecule has 2 aromatic carbocycles. The van der Waals surface area contributed by atoms with E-state index in [-0.39, 0.29) is 12.1 Å². The number of hydrogen-bond donors (Lipinski definition) is 4. The molecule has 29 heavy (non-hydrogen) atoms. The Labute approximate surface area is 172 Å². The Kier molecular flexibility index (Phi) is 7.08. The highest BCUT2D eigenvalue weighted by molar-refractivity contribution is 5.89. The van der Waals surface area contributed by atoms with Crippen molar-refractivity contribution in [1.82, 2.24) is 10.2 Å². The number of rotatable bonds is 5. The third-order valence-electron chi connectivity index (χ3n) is 5.13. The summed E-state index contributed by atoms with van der Waals surface area (Å²) < 4.78 is 0. The van der Waals surface area contributed by atoms with Gasteiger partial charge in [-0.05, 0) is 38.1 Å². The Bertz CT molecular complexity index is 809. The van der Waals surface area contributed by atoms with Gasteiger partial charge >= 0.3 is 12.1 Å². The van der Waals surface area contributed by atoms with Gasteiger partial charge in [-0.25, -0.2) is 9.59 Å². The SMILES string of the molecule is Cc1ccc(NC(=O)NCC[NH+]2CCN(C(=O)Nc3ccc(C)cc3)CC2)cc1. The van der Waals surface area contributed by atoms with Crippen LogP contribution in [0.4, 0.5) is 21.0 Å². The molecule has 2 aromatic rings. The topological polar surface area (TPSA) is 77.9 Å². The van der Waals surface area contributed by atoms with Crippen LogP contribution in [0.3, 0.4) is 0 Å². The number of carbonyl (C=O) groups is 2. The van der Waals surface area contributed by atoms with Crippen molar-refractivity contribution in [3.63, 3.8) is 0 Å². The number of hydrogen-bond acceptors (Lipinski definition) is 2. The van der Waals surface area contributed by atoms with E-state index in [4.69, 9.17) is 0 Å². The normalized spacial score (nSPS) is 14.3. The molecule has 0 unspecified atom stereocenters. The molecule has 4 N–H and O–H groups in total. The first-order valence-corrected chi connectivity index (χ1v) is 10.1. The van der Waals surface area contributed by atoms with Crippen LogP contribution in [-0.2, 0) is 0 Å². The van der Waals surface area contributed by atoms with Crippen LogP contribution in [0, 0.1) is 13.8 Å². The molecule has 3 rings (SSSR count). The van der Waals surface area contributed by atoms with Crippen LogP contribution in [0.1, 0.15) is 11.1 Å². The number of aryl methyl sites for hydroxylation is 2. The van der Waals surface area contributed by atoms with E-state index in [0.717, 1.165) is 36.6 Å². The fraction of sp³-hybridized carbons (Fsp3) is 0.364. The molecule has 0 aliphatic carbocycles. The molecule has 0 atom stereocenters. The predicted octanol–water partition coefficient (Wildman–Crippen LogP) is 1.86. The van der Waals surface area contributed by atoms with Gasteiger partial charge in [0.15, 0.2) is 0 Å². The van der Waals surface area contributed by atoms with Crippen LogP contribution in [0.2, 0.25) is 0 Å². The number of urea groups is 2. The van der Waals surface area contributed by atoms with Crippen LogP contribution in [0.5, 0.6) is 0 Å². The summed E-state index contributed by atoms with van der Waals surface area (Å²) in [4.78, 5) is 27.6. The third-order valence-corrected chi connectivity index (χ3v) is 5.13. The molecule has 1 saturated heterocycles. The number of benzene rings is 2. The van der Waals surface area contributed by atoms with Crippen molar-refractivity contribution < 1.29 is 14.5 Å². The van der Waals surface area contributed by atoms with Gasteiger partial charge in [0, 0.05) is 11.4 Å². The summed E-state index contributed by atoms with van der Waals surface area (Å²) in [5.41, 5.74) is 3.93. The maximum Gasteiger partial charge on any atom is 0.322 e. The zero-order chi connectivity index (χ0) is 20.6. The minimum absolute atomic E-state index is 0.0523. The molecular formula is C22H30N5O2+. The highest BCUT2D eigenvalue weighted by atomic mass is 16.2. The molecule has 4 amide bonds. The predicted molar refractivity (Wildman–Crippen MR) is 116 cm³/mol. The maximum atomic E-state index is 12.4. The van der Waals surface area contributed by atoms with E-state index in [2.05, 4.69) is 16.0 Å². The summed E-state index contributed by atoms with van der Waals surface area (Å²) in [6.07, 6.45) is 0. The molecule has 1 fully saturated rings. The lowest BCUT2D eigenvalue weighted by Gasteiger charge is -2.32. The van der Waals surface area contributed by atoms with Gasteiger partial charge in [0.2, 0.25) is 0 Å². The van der Waals surface area contributed by atoms with E-state index in [9.17, 15) is 9.59 Å². The lowest BCUT2D eigenvalue weighted by Crippen LogP contribution is -3.15. The molecule has 0 saturated carbocycles. The summed E-state index contributed by atoms with van der Waals surface area (Å²) >= 11 is 0. The molecule has 0 aromatic heterocycles. The lowest BCUT2D eigenvalue weighted by molar-refractivity contribution is -0.902. The largest absolute Gasteiger partial charge is 0.332 e. The van der Waals surface area contributed by atoms with Gasteiger partial charge in [-0.15, -0.1) is 0 Å². The maximum absolute atomic E-state index is 12.4. The summed E-state index contributed by atoms with van der Waals surface area (Å²) in [7, 11) is 0. The van der Waals surface area contributed by atoms with Crippen LogP contribution in [0.25, 0.3) is 0 Å². The summed E-state index contributed by atoms with van der Waals surface area (Å²) in [5.74, 6) is 0. The second-order valence-corrected chi connectivity index (χ2v) is 7.53. The van der Waals surface area contributed by atoms with Gasteiger partial charge in [-0.3, -0.25) is 0 Å². The molecule has 0 bridgehead atoms. The van der Waals surface area contributed by atoms with Crippen molar-refractivity contribution in [3.8, 4) is 0 Å². The van der Waals surface area contributed by atoms with E-state index in [0.29, 0.717) is 19.6 Å². The summed E-state index contributed by atoms with van der Waals surface area (Å²) in [5, 5.41) is 8.69. The minimum Gasteiger partial charge on any atom is -0.332 e. The van der Waals surface area contributed by atoms with Crippen molar-refractivity contribution in [2.45, 2.75) is 13.8 Å². The van der Waals surface area contributed by atoms with Crippen LogP contribution in [-0.4, -0.2) is 56.2 Å². The van der Waals surface area contributed by atoms with Crippen molar-refractivity contribution in [2.24, 2.45) is 0 Å². The Morgan fingerprint density at radius 2 is 1.38 bits per heavy atom. The Morgan fingerprint density at radius 1 is 0.862 bits per heavy atom. The van der Waals surface area contributed by atoms with Crippen LogP contribution in [0.15, 0.2) is 48.5 Å². The molecule has 1 aliphatic rings. The second kappa shape index (κ2) is 9.93. The van der Waals surface area contributed by atoms with Gasteiger partial charge in [-0.1, -0.05) is 35.4 Å². The van der Waals surface area contributed by atoms with Gasteiger partial charge in [0.1, 0.15) is 0 Å². The van der Waals surface area contributed by atoms with E-state index in [1.165, 1.54) is 10.5 Å². The first-order valence-electron chi connectivity index (χ1n) is 10.1. The van der Waals surface area contributed by atoms with E-state index in [1.54, 1.807) is 0 Å². The molecule has 0 radical (unpaired) electrons. The minimum atomic E-state index is -0.190. The highest BCUT2D eigenvalue weighted by Gasteiger charge is 2.23. The Hall–Kier alpha value is -3.06. The summed E-state index contributed by atoms with van der Waals surface area (Å²) in [6, 6.07) is 15.3.